The molecule has 0 spiro atoms. The number of nitrogens with zero attached hydrogens (tertiary/aromatic N) is 3. The van der Waals surface area contributed by atoms with Crippen LogP contribution in [-0.2, 0) is 11.3 Å². The first-order chi connectivity index (χ1) is 10.6. The lowest BCUT2D eigenvalue weighted by atomic mass is 9.96. The van der Waals surface area contributed by atoms with Crippen LogP contribution in [0, 0.1) is 0 Å². The molecule has 3 rings (SSSR count). The average Bonchev–Trinajstić information content (AvgIpc) is 2.96. The smallest absolute Gasteiger partial charge is 0.251 e. The van der Waals surface area contributed by atoms with Gasteiger partial charge in [0.25, 0.3) is 5.92 Å². The molecule has 0 saturated carbocycles. The molecule has 22 heavy (non-hydrogen) atoms. The molecule has 0 bridgehead atoms. The van der Waals surface area contributed by atoms with Crippen molar-refractivity contribution in [3.8, 4) is 0 Å². The second kappa shape index (κ2) is 6.32. The van der Waals surface area contributed by atoms with E-state index in [1.165, 1.54) is 4.90 Å². The topological polar surface area (TPSA) is 50.2 Å². The first kappa shape index (κ1) is 15.4. The summed E-state index contributed by atoms with van der Waals surface area (Å²) < 4.78 is 28.1. The van der Waals surface area contributed by atoms with E-state index in [0.29, 0.717) is 5.92 Å². The number of carbonyl (C=O) groups is 1. The van der Waals surface area contributed by atoms with E-state index < -0.39 is 5.92 Å². The van der Waals surface area contributed by atoms with Crippen LogP contribution < -0.4 is 5.32 Å². The molecule has 1 N–H and O–H groups in total. The minimum Gasteiger partial charge on any atom is -0.341 e. The summed E-state index contributed by atoms with van der Waals surface area (Å²) in [5.41, 5.74) is 1.06. The van der Waals surface area contributed by atoms with Gasteiger partial charge in [-0.3, -0.25) is 9.48 Å². The lowest BCUT2D eigenvalue weighted by Crippen LogP contribution is -2.44. The maximum atomic E-state index is 13.2. The van der Waals surface area contributed by atoms with Gasteiger partial charge in [-0.1, -0.05) is 0 Å². The van der Waals surface area contributed by atoms with Gasteiger partial charge in [0.05, 0.1) is 0 Å². The van der Waals surface area contributed by atoms with Crippen molar-refractivity contribution in [2.75, 3.05) is 26.2 Å². The van der Waals surface area contributed by atoms with Gasteiger partial charge in [0, 0.05) is 50.3 Å². The first-order valence-electron chi connectivity index (χ1n) is 7.93. The highest BCUT2D eigenvalue weighted by atomic mass is 19.3. The lowest BCUT2D eigenvalue weighted by molar-refractivity contribution is -0.138. The number of alkyl halides is 2. The number of amides is 1. The van der Waals surface area contributed by atoms with Gasteiger partial charge < -0.3 is 10.2 Å². The summed E-state index contributed by atoms with van der Waals surface area (Å²) >= 11 is 0. The molecule has 3 heterocycles. The van der Waals surface area contributed by atoms with E-state index in [1.807, 2.05) is 6.07 Å². The molecule has 0 radical (unpaired) electrons. The third kappa shape index (κ3) is 3.45. The molecule has 122 valence electrons. The van der Waals surface area contributed by atoms with Gasteiger partial charge in [-0.05, 0) is 25.5 Å². The standard InChI is InChI=1S/C15H22F2N4O/c16-15(17)4-8-20(9-5-15)14(22)11-21-13(3-7-19-21)12-2-1-6-18-10-12/h3,7,12,18H,1-2,4-6,8-11H2/t12-/m1/s1. The zero-order valence-corrected chi connectivity index (χ0v) is 12.6. The highest BCUT2D eigenvalue weighted by Gasteiger charge is 2.35. The number of nitrogens with one attached hydrogen (secondary N) is 1. The second-order valence-electron chi connectivity index (χ2n) is 6.19. The van der Waals surface area contributed by atoms with Crippen molar-refractivity contribution >= 4 is 5.91 Å². The van der Waals surface area contributed by atoms with E-state index >= 15 is 0 Å². The van der Waals surface area contributed by atoms with Crippen molar-refractivity contribution < 1.29 is 13.6 Å². The number of piperidine rings is 2. The van der Waals surface area contributed by atoms with Crippen LogP contribution in [0.25, 0.3) is 0 Å². The number of rotatable bonds is 3. The fourth-order valence-electron chi connectivity index (χ4n) is 3.24. The Morgan fingerprint density at radius 1 is 1.41 bits per heavy atom. The number of halogens is 2. The van der Waals surface area contributed by atoms with Crippen molar-refractivity contribution in [2.24, 2.45) is 0 Å². The van der Waals surface area contributed by atoms with Gasteiger partial charge in [0.1, 0.15) is 6.54 Å². The fourth-order valence-corrected chi connectivity index (χ4v) is 3.24. The summed E-state index contributed by atoms with van der Waals surface area (Å²) in [7, 11) is 0. The number of likely N-dealkylation sites (tertiary alicyclic amines) is 1. The van der Waals surface area contributed by atoms with Crippen LogP contribution in [0.4, 0.5) is 8.78 Å². The molecule has 7 heteroatoms. The van der Waals surface area contributed by atoms with E-state index in [9.17, 15) is 13.6 Å². The Hall–Kier alpha value is -1.50. The minimum atomic E-state index is -2.62. The first-order valence-corrected chi connectivity index (χ1v) is 7.93. The molecule has 2 fully saturated rings. The molecule has 0 aromatic carbocycles. The zero-order chi connectivity index (χ0) is 15.6. The summed E-state index contributed by atoms with van der Waals surface area (Å²) in [6.45, 7) is 2.34. The van der Waals surface area contributed by atoms with E-state index in [4.69, 9.17) is 0 Å². The molecule has 2 aliphatic heterocycles. The number of hydrogen-bond donors (Lipinski definition) is 1. The fraction of sp³-hybridized carbons (Fsp3) is 0.733. The summed E-state index contributed by atoms with van der Waals surface area (Å²) in [6.07, 6.45) is 3.43. The predicted octanol–water partition coefficient (Wildman–Crippen LogP) is 1.61. The van der Waals surface area contributed by atoms with Gasteiger partial charge in [-0.15, -0.1) is 0 Å². The molecule has 0 unspecified atom stereocenters. The van der Waals surface area contributed by atoms with Crippen LogP contribution >= 0.6 is 0 Å². The Balaban J connectivity index is 1.61. The van der Waals surface area contributed by atoms with E-state index in [-0.39, 0.29) is 38.4 Å². The van der Waals surface area contributed by atoms with Crippen LogP contribution in [0.15, 0.2) is 12.3 Å². The molecule has 1 aromatic heterocycles. The van der Waals surface area contributed by atoms with Gasteiger partial charge in [-0.25, -0.2) is 8.78 Å². The van der Waals surface area contributed by atoms with Crippen molar-refractivity contribution in [1.82, 2.24) is 20.0 Å². The van der Waals surface area contributed by atoms with Crippen LogP contribution in [0.1, 0.15) is 37.3 Å². The molecule has 2 saturated heterocycles. The van der Waals surface area contributed by atoms with Crippen molar-refractivity contribution in [3.05, 3.63) is 18.0 Å². The highest BCUT2D eigenvalue weighted by molar-refractivity contribution is 5.76. The molecule has 1 aromatic rings. The van der Waals surface area contributed by atoms with Crippen LogP contribution in [-0.4, -0.2) is 52.7 Å². The van der Waals surface area contributed by atoms with E-state index in [1.54, 1.807) is 10.9 Å². The van der Waals surface area contributed by atoms with Gasteiger partial charge in [0.2, 0.25) is 5.91 Å². The third-order valence-electron chi connectivity index (χ3n) is 4.60. The van der Waals surface area contributed by atoms with Gasteiger partial charge in [-0.2, -0.15) is 5.10 Å². The summed E-state index contributed by atoms with van der Waals surface area (Å²) in [5, 5.41) is 7.60. The maximum absolute atomic E-state index is 13.2. The largest absolute Gasteiger partial charge is 0.341 e. The SMILES string of the molecule is O=C(Cn1nccc1[C@@H]1CCCNC1)N1CCC(F)(F)CC1. The average molecular weight is 312 g/mol. The molecular weight excluding hydrogens is 290 g/mol. The normalized spacial score (nSPS) is 25.2. The molecule has 1 atom stereocenters. The Bertz CT molecular complexity index is 515. The minimum absolute atomic E-state index is 0.121. The number of carbonyl (C=O) groups excluding carboxylic acids is 1. The summed E-state index contributed by atoms with van der Waals surface area (Å²) in [4.78, 5) is 13.8. The molecule has 0 aliphatic carbocycles. The Kier molecular flexibility index (Phi) is 4.42. The predicted molar refractivity (Wildman–Crippen MR) is 77.8 cm³/mol. The number of aromatic nitrogens is 2. The Morgan fingerprint density at radius 2 is 2.18 bits per heavy atom. The Morgan fingerprint density at radius 3 is 2.86 bits per heavy atom. The van der Waals surface area contributed by atoms with Crippen LogP contribution in [0.5, 0.6) is 0 Å². The van der Waals surface area contributed by atoms with Crippen LogP contribution in [0.3, 0.4) is 0 Å². The third-order valence-corrected chi connectivity index (χ3v) is 4.60. The Labute approximate surface area is 128 Å². The number of hydrogen-bond acceptors (Lipinski definition) is 3. The molecule has 5 nitrogen and oxygen atoms in total. The molecule has 2 aliphatic rings. The second-order valence-corrected chi connectivity index (χ2v) is 6.19. The monoisotopic (exact) mass is 312 g/mol. The zero-order valence-electron chi connectivity index (χ0n) is 12.6. The summed E-state index contributed by atoms with van der Waals surface area (Å²) in [5.74, 6) is -2.37. The quantitative estimate of drug-likeness (QED) is 0.922. The van der Waals surface area contributed by atoms with Gasteiger partial charge in [0.15, 0.2) is 0 Å². The van der Waals surface area contributed by atoms with Crippen molar-refractivity contribution in [1.29, 1.82) is 0 Å². The summed E-state index contributed by atoms with van der Waals surface area (Å²) in [6, 6.07) is 1.95. The van der Waals surface area contributed by atoms with Crippen molar-refractivity contribution in [2.45, 2.75) is 44.1 Å². The van der Waals surface area contributed by atoms with E-state index in [2.05, 4.69) is 10.4 Å². The molecular formula is C15H22F2N4O. The van der Waals surface area contributed by atoms with Gasteiger partial charge >= 0.3 is 0 Å². The van der Waals surface area contributed by atoms with E-state index in [0.717, 1.165) is 31.6 Å². The molecule has 1 amide bonds. The van der Waals surface area contributed by atoms with Crippen LogP contribution in [0.2, 0.25) is 0 Å². The van der Waals surface area contributed by atoms with Crippen molar-refractivity contribution in [3.63, 3.8) is 0 Å². The highest BCUT2D eigenvalue weighted by Crippen LogP contribution is 2.28. The maximum Gasteiger partial charge on any atom is 0.251 e. The lowest BCUT2D eigenvalue weighted by Gasteiger charge is -2.32.